The van der Waals surface area contributed by atoms with Crippen molar-refractivity contribution in [3.05, 3.63) is 11.6 Å². The first-order valence-corrected chi connectivity index (χ1v) is 5.74. The monoisotopic (exact) mass is 225 g/mol. The standard InChI is InChI=1S/C12H23N3O/c1-10(2)8-6-4-5-7-9-11(3)14-15-12(13)16/h8H,4-7,9H2,1-3H3,(H3,13,15,16)/b14-11+. The molecular formula is C12H23N3O. The van der Waals surface area contributed by atoms with Crippen LogP contribution in [-0.2, 0) is 0 Å². The van der Waals surface area contributed by atoms with Crippen LogP contribution in [0, 0.1) is 0 Å². The number of nitrogens with zero attached hydrogens (tertiary/aromatic N) is 1. The van der Waals surface area contributed by atoms with Crippen molar-refractivity contribution in [1.82, 2.24) is 5.43 Å². The Hall–Kier alpha value is -1.32. The number of rotatable bonds is 7. The summed E-state index contributed by atoms with van der Waals surface area (Å²) in [5.74, 6) is 0. The molecule has 4 nitrogen and oxygen atoms in total. The molecule has 4 heteroatoms. The van der Waals surface area contributed by atoms with Crippen molar-refractivity contribution in [2.75, 3.05) is 0 Å². The van der Waals surface area contributed by atoms with Crippen molar-refractivity contribution in [1.29, 1.82) is 0 Å². The minimum absolute atomic E-state index is 0.608. The lowest BCUT2D eigenvalue weighted by Gasteiger charge is -2.00. The van der Waals surface area contributed by atoms with Gasteiger partial charge in [0.2, 0.25) is 0 Å². The van der Waals surface area contributed by atoms with Crippen molar-refractivity contribution >= 4 is 11.7 Å². The summed E-state index contributed by atoms with van der Waals surface area (Å²) in [6.45, 7) is 6.13. The summed E-state index contributed by atoms with van der Waals surface area (Å²) in [4.78, 5) is 10.4. The molecule has 0 unspecified atom stereocenters. The predicted molar refractivity (Wildman–Crippen MR) is 68.3 cm³/mol. The summed E-state index contributed by atoms with van der Waals surface area (Å²) in [5.41, 5.74) is 9.43. The Kier molecular flexibility index (Phi) is 8.21. The van der Waals surface area contributed by atoms with E-state index in [1.807, 2.05) is 6.92 Å². The number of urea groups is 1. The Labute approximate surface area is 98.0 Å². The van der Waals surface area contributed by atoms with Gasteiger partial charge in [-0.05, 0) is 46.5 Å². The van der Waals surface area contributed by atoms with Gasteiger partial charge in [0.05, 0.1) is 0 Å². The molecule has 0 radical (unpaired) electrons. The SMILES string of the molecule is CC(C)=CCCCCC/C(C)=N/NC(N)=O. The predicted octanol–water partition coefficient (Wildman–Crippen LogP) is 2.95. The number of carbonyl (C=O) groups is 1. The van der Waals surface area contributed by atoms with Gasteiger partial charge in [0.15, 0.2) is 0 Å². The molecule has 0 spiro atoms. The third kappa shape index (κ3) is 10.8. The molecule has 0 aliphatic carbocycles. The second-order valence-corrected chi connectivity index (χ2v) is 4.20. The van der Waals surface area contributed by atoms with Gasteiger partial charge < -0.3 is 5.73 Å². The van der Waals surface area contributed by atoms with Crippen molar-refractivity contribution in [3.63, 3.8) is 0 Å². The zero-order valence-corrected chi connectivity index (χ0v) is 10.5. The third-order valence-electron chi connectivity index (χ3n) is 2.15. The normalized spacial score (nSPS) is 11.1. The molecule has 0 fully saturated rings. The van der Waals surface area contributed by atoms with Crippen molar-refractivity contribution < 1.29 is 4.79 Å². The highest BCUT2D eigenvalue weighted by Gasteiger charge is 1.94. The number of nitrogens with one attached hydrogen (secondary N) is 1. The molecule has 0 saturated carbocycles. The fourth-order valence-electron chi connectivity index (χ4n) is 1.30. The van der Waals surface area contributed by atoms with Crippen LogP contribution < -0.4 is 11.2 Å². The van der Waals surface area contributed by atoms with E-state index >= 15 is 0 Å². The number of nitrogens with two attached hydrogens (primary N) is 1. The zero-order chi connectivity index (χ0) is 12.4. The van der Waals surface area contributed by atoms with Crippen LogP contribution in [0.25, 0.3) is 0 Å². The highest BCUT2D eigenvalue weighted by atomic mass is 16.2. The topological polar surface area (TPSA) is 67.5 Å². The molecule has 0 aromatic rings. The summed E-state index contributed by atoms with van der Waals surface area (Å²) in [6.07, 6.45) is 7.82. The lowest BCUT2D eigenvalue weighted by Crippen LogP contribution is -2.25. The maximum Gasteiger partial charge on any atom is 0.332 e. The van der Waals surface area contributed by atoms with E-state index in [-0.39, 0.29) is 0 Å². The van der Waals surface area contributed by atoms with E-state index in [4.69, 9.17) is 5.73 Å². The zero-order valence-electron chi connectivity index (χ0n) is 10.5. The highest BCUT2D eigenvalue weighted by Crippen LogP contribution is 2.06. The number of amides is 2. The fraction of sp³-hybridized carbons (Fsp3) is 0.667. The Bertz CT molecular complexity index is 265. The number of allylic oxidation sites excluding steroid dienone is 2. The molecule has 16 heavy (non-hydrogen) atoms. The van der Waals surface area contributed by atoms with Crippen molar-refractivity contribution in [2.45, 2.75) is 52.9 Å². The largest absolute Gasteiger partial charge is 0.350 e. The number of hydrazone groups is 1. The number of carbonyl (C=O) groups excluding carboxylic acids is 1. The first-order chi connectivity index (χ1) is 7.52. The smallest absolute Gasteiger partial charge is 0.332 e. The molecule has 92 valence electrons. The third-order valence-corrected chi connectivity index (χ3v) is 2.15. The molecule has 0 aliphatic rings. The summed E-state index contributed by atoms with van der Waals surface area (Å²) in [6, 6.07) is -0.608. The van der Waals surface area contributed by atoms with E-state index in [1.54, 1.807) is 0 Å². The minimum Gasteiger partial charge on any atom is -0.350 e. The molecule has 0 rings (SSSR count). The average Bonchev–Trinajstić information content (AvgIpc) is 2.19. The molecule has 0 bridgehead atoms. The quantitative estimate of drug-likeness (QED) is 0.297. The second-order valence-electron chi connectivity index (χ2n) is 4.20. The van der Waals surface area contributed by atoms with Crippen LogP contribution in [0.15, 0.2) is 16.8 Å². The van der Waals surface area contributed by atoms with Crippen LogP contribution in [0.1, 0.15) is 52.9 Å². The fourth-order valence-corrected chi connectivity index (χ4v) is 1.30. The number of hydrogen-bond acceptors (Lipinski definition) is 2. The summed E-state index contributed by atoms with van der Waals surface area (Å²) in [7, 11) is 0. The Morgan fingerprint density at radius 3 is 2.50 bits per heavy atom. The van der Waals surface area contributed by atoms with Gasteiger partial charge in [-0.1, -0.05) is 18.1 Å². The van der Waals surface area contributed by atoms with Crippen molar-refractivity contribution in [3.8, 4) is 0 Å². The Morgan fingerprint density at radius 1 is 1.25 bits per heavy atom. The van der Waals surface area contributed by atoms with Gasteiger partial charge in [-0.2, -0.15) is 5.10 Å². The molecule has 0 atom stereocenters. The Balaban J connectivity index is 3.48. The number of hydrogen-bond donors (Lipinski definition) is 2. The lowest BCUT2D eigenvalue weighted by molar-refractivity contribution is 0.249. The molecule has 0 aromatic carbocycles. The van der Waals surface area contributed by atoms with Crippen LogP contribution >= 0.6 is 0 Å². The highest BCUT2D eigenvalue weighted by molar-refractivity contribution is 5.83. The van der Waals surface area contributed by atoms with Gasteiger partial charge in [-0.15, -0.1) is 0 Å². The van der Waals surface area contributed by atoms with Crippen LogP contribution in [0.3, 0.4) is 0 Å². The van der Waals surface area contributed by atoms with E-state index < -0.39 is 6.03 Å². The second kappa shape index (κ2) is 8.95. The summed E-state index contributed by atoms with van der Waals surface area (Å²) < 4.78 is 0. The van der Waals surface area contributed by atoms with Gasteiger partial charge in [0.1, 0.15) is 0 Å². The first-order valence-electron chi connectivity index (χ1n) is 5.74. The lowest BCUT2D eigenvalue weighted by atomic mass is 10.1. The Morgan fingerprint density at radius 2 is 1.94 bits per heavy atom. The van der Waals surface area contributed by atoms with Crippen LogP contribution in [-0.4, -0.2) is 11.7 Å². The van der Waals surface area contributed by atoms with E-state index in [1.165, 1.54) is 18.4 Å². The molecule has 2 amide bonds. The van der Waals surface area contributed by atoms with E-state index in [0.29, 0.717) is 0 Å². The van der Waals surface area contributed by atoms with Crippen LogP contribution in [0.4, 0.5) is 4.79 Å². The van der Waals surface area contributed by atoms with Gasteiger partial charge in [0.25, 0.3) is 0 Å². The van der Waals surface area contributed by atoms with Crippen LogP contribution in [0.2, 0.25) is 0 Å². The molecule has 3 N–H and O–H groups in total. The van der Waals surface area contributed by atoms with Gasteiger partial charge in [-0.25, -0.2) is 10.2 Å². The average molecular weight is 225 g/mol. The summed E-state index contributed by atoms with van der Waals surface area (Å²) in [5, 5.41) is 3.85. The number of primary amides is 1. The van der Waals surface area contributed by atoms with Crippen molar-refractivity contribution in [2.24, 2.45) is 10.8 Å². The maximum atomic E-state index is 10.4. The molecular weight excluding hydrogens is 202 g/mol. The maximum absolute atomic E-state index is 10.4. The molecule has 0 aliphatic heterocycles. The van der Waals surface area contributed by atoms with Gasteiger partial charge in [0, 0.05) is 5.71 Å². The molecule has 0 aromatic heterocycles. The van der Waals surface area contributed by atoms with E-state index in [9.17, 15) is 4.79 Å². The van der Waals surface area contributed by atoms with Gasteiger partial charge >= 0.3 is 6.03 Å². The van der Waals surface area contributed by atoms with Crippen LogP contribution in [0.5, 0.6) is 0 Å². The molecule has 0 heterocycles. The first kappa shape index (κ1) is 14.7. The number of unbranched alkanes of at least 4 members (excludes halogenated alkanes) is 3. The molecule has 0 saturated heterocycles. The minimum atomic E-state index is -0.608. The summed E-state index contributed by atoms with van der Waals surface area (Å²) >= 11 is 0. The van der Waals surface area contributed by atoms with Gasteiger partial charge in [-0.3, -0.25) is 0 Å². The van der Waals surface area contributed by atoms with E-state index in [2.05, 4.69) is 30.5 Å². The van der Waals surface area contributed by atoms with E-state index in [0.717, 1.165) is 25.0 Å².